The van der Waals surface area contributed by atoms with Gasteiger partial charge in [-0.15, -0.1) is 0 Å². The van der Waals surface area contributed by atoms with Gasteiger partial charge in [0.05, 0.1) is 37.6 Å². The lowest BCUT2D eigenvalue weighted by molar-refractivity contribution is -0.362. The van der Waals surface area contributed by atoms with Crippen molar-refractivity contribution in [2.75, 3.05) is 13.2 Å². The fourth-order valence-electron chi connectivity index (χ4n) is 12.2. The Hall–Kier alpha value is -1.00. The van der Waals surface area contributed by atoms with Crippen LogP contribution in [-0.2, 0) is 28.4 Å². The Kier molecular flexibility index (Phi) is 9.22. The van der Waals surface area contributed by atoms with Crippen molar-refractivity contribution in [1.29, 1.82) is 0 Å². The molecule has 0 amide bonds. The number of aliphatic hydroxyl groups excluding tert-OH is 6. The number of hydrogen-bond acceptors (Lipinski definition) is 12. The van der Waals surface area contributed by atoms with Crippen LogP contribution in [0.1, 0.15) is 79.1 Å². The van der Waals surface area contributed by atoms with E-state index in [0.29, 0.717) is 43.1 Å². The zero-order valence-corrected chi connectivity index (χ0v) is 29.8. The molecule has 4 saturated heterocycles. The average Bonchev–Trinajstić information content (AvgIpc) is 3.53. The molecule has 1 spiro atoms. The summed E-state index contributed by atoms with van der Waals surface area (Å²) in [5.74, 6) is 1.34. The molecule has 3 saturated carbocycles. The molecule has 4 aliphatic heterocycles. The molecule has 20 atom stereocenters. The molecule has 8 aliphatic rings. The van der Waals surface area contributed by atoms with E-state index in [-0.39, 0.29) is 24.0 Å². The lowest BCUT2D eigenvalue weighted by Gasteiger charge is -2.60. The van der Waals surface area contributed by atoms with Crippen LogP contribution in [-0.4, -0.2) is 123 Å². The summed E-state index contributed by atoms with van der Waals surface area (Å²) in [6.45, 7) is 13.1. The van der Waals surface area contributed by atoms with Crippen LogP contribution in [0.3, 0.4) is 0 Å². The third kappa shape index (κ3) is 5.38. The largest absolute Gasteiger partial charge is 0.393 e. The smallest absolute Gasteiger partial charge is 0.187 e. The molecular formula is C38H58O12. The Balaban J connectivity index is 1.04. The van der Waals surface area contributed by atoms with E-state index in [2.05, 4.69) is 33.4 Å². The van der Waals surface area contributed by atoms with Crippen molar-refractivity contribution in [2.24, 2.45) is 40.4 Å². The van der Waals surface area contributed by atoms with Crippen LogP contribution < -0.4 is 0 Å². The molecule has 50 heavy (non-hydrogen) atoms. The zero-order valence-electron chi connectivity index (χ0n) is 29.8. The minimum absolute atomic E-state index is 0.112. The summed E-state index contributed by atoms with van der Waals surface area (Å²) in [6, 6.07) is 0. The summed E-state index contributed by atoms with van der Waals surface area (Å²) in [5.41, 5.74) is 2.01. The van der Waals surface area contributed by atoms with Crippen LogP contribution in [0.2, 0.25) is 0 Å². The predicted octanol–water partition coefficient (Wildman–Crippen LogP) is 1.92. The molecular weight excluding hydrogens is 648 g/mol. The SMILES string of the molecule is C=C1CC[C@@]2(OC1)O[C@H]1C[C@H]3[C@@H]4CC=C5C[C@H](O)C[C@H](O[C@@H]6OC[C@H](O)[C@H](O)[C@H]6O[C@@H]6O[C@@H](C)[C@H](O)[C@@H](O)[C@H]6O)[C@]5(C)[C@H]4CC[C@]3(C)[C@H]1[C@@H]2C. The molecule has 282 valence electrons. The summed E-state index contributed by atoms with van der Waals surface area (Å²) >= 11 is 0. The van der Waals surface area contributed by atoms with Gasteiger partial charge in [-0.1, -0.05) is 44.6 Å². The monoisotopic (exact) mass is 706 g/mol. The first kappa shape index (κ1) is 36.0. The fraction of sp³-hybridized carbons (Fsp3) is 0.895. The van der Waals surface area contributed by atoms with Gasteiger partial charge in [-0.25, -0.2) is 0 Å². The summed E-state index contributed by atoms with van der Waals surface area (Å²) in [5, 5.41) is 64.1. The first-order valence-corrected chi connectivity index (χ1v) is 19.0. The lowest BCUT2D eigenvalue weighted by atomic mass is 9.46. The van der Waals surface area contributed by atoms with Crippen molar-refractivity contribution in [1.82, 2.24) is 0 Å². The lowest BCUT2D eigenvalue weighted by Crippen LogP contribution is -2.63. The van der Waals surface area contributed by atoms with Gasteiger partial charge in [0, 0.05) is 24.2 Å². The first-order valence-electron chi connectivity index (χ1n) is 19.0. The minimum Gasteiger partial charge on any atom is -0.393 e. The highest BCUT2D eigenvalue weighted by molar-refractivity contribution is 5.29. The van der Waals surface area contributed by atoms with Crippen LogP contribution >= 0.6 is 0 Å². The molecule has 0 radical (unpaired) electrons. The molecule has 0 aromatic rings. The van der Waals surface area contributed by atoms with E-state index in [1.165, 1.54) is 5.57 Å². The number of hydrogen-bond donors (Lipinski definition) is 6. The standard InChI is InChI=1S/C38H58O12/c1-17-8-11-38(46-15-17)18(2)28-26(50-38)14-24-22-7-6-20-12-21(39)13-27(37(20,5)23(22)9-10-36(24,28)4)48-35-33(30(42)25(40)16-45-35)49-34-32(44)31(43)29(41)19(3)47-34/h6,18-19,21-35,39-44H,1,7-16H2,2-5H3/t18-,19-,21-,22+,23-,24-,25-,26-,27-,28-,29-,30-,31+,32+,33+,34-,35-,36-,37-,38+/m0/s1. The Bertz CT molecular complexity index is 1330. The quantitative estimate of drug-likeness (QED) is 0.235. The fourth-order valence-corrected chi connectivity index (χ4v) is 12.2. The average molecular weight is 707 g/mol. The van der Waals surface area contributed by atoms with Crippen molar-refractivity contribution in [2.45, 2.75) is 158 Å². The van der Waals surface area contributed by atoms with Gasteiger partial charge in [-0.05, 0) is 74.5 Å². The van der Waals surface area contributed by atoms with E-state index in [9.17, 15) is 30.6 Å². The Morgan fingerprint density at radius 3 is 2.42 bits per heavy atom. The van der Waals surface area contributed by atoms with Crippen LogP contribution in [0.5, 0.6) is 0 Å². The molecule has 6 N–H and O–H groups in total. The Morgan fingerprint density at radius 2 is 1.68 bits per heavy atom. The van der Waals surface area contributed by atoms with Crippen molar-refractivity contribution < 1.29 is 59.1 Å². The highest BCUT2D eigenvalue weighted by Gasteiger charge is 2.69. The maximum Gasteiger partial charge on any atom is 0.187 e. The minimum atomic E-state index is -1.61. The van der Waals surface area contributed by atoms with Gasteiger partial charge in [-0.2, -0.15) is 0 Å². The molecule has 0 aromatic heterocycles. The topological polar surface area (TPSA) is 177 Å². The van der Waals surface area contributed by atoms with Gasteiger partial charge in [-0.3, -0.25) is 0 Å². The van der Waals surface area contributed by atoms with E-state index in [4.69, 9.17) is 28.4 Å². The molecule has 4 heterocycles. The van der Waals surface area contributed by atoms with Gasteiger partial charge >= 0.3 is 0 Å². The van der Waals surface area contributed by atoms with Crippen LogP contribution in [0.15, 0.2) is 23.8 Å². The van der Waals surface area contributed by atoms with Gasteiger partial charge < -0.3 is 59.1 Å². The summed E-state index contributed by atoms with van der Waals surface area (Å²) in [6.07, 6.45) is -3.73. The normalized spacial score (nSPS) is 57.8. The number of rotatable bonds is 4. The van der Waals surface area contributed by atoms with E-state index < -0.39 is 78.7 Å². The second kappa shape index (κ2) is 12.8. The molecule has 0 unspecified atom stereocenters. The van der Waals surface area contributed by atoms with Crippen molar-refractivity contribution in [3.63, 3.8) is 0 Å². The highest BCUT2D eigenvalue weighted by atomic mass is 16.8. The van der Waals surface area contributed by atoms with Crippen LogP contribution in [0, 0.1) is 40.4 Å². The molecule has 12 nitrogen and oxygen atoms in total. The van der Waals surface area contributed by atoms with E-state index >= 15 is 0 Å². The number of ether oxygens (including phenoxy) is 6. The zero-order chi connectivity index (χ0) is 35.5. The molecule has 8 rings (SSSR count). The number of allylic oxidation sites excluding steroid dienone is 1. The summed E-state index contributed by atoms with van der Waals surface area (Å²) < 4.78 is 37.9. The Labute approximate surface area is 294 Å². The predicted molar refractivity (Wildman–Crippen MR) is 177 cm³/mol. The number of aliphatic hydroxyl groups is 6. The van der Waals surface area contributed by atoms with Gasteiger partial charge in [0.2, 0.25) is 0 Å². The van der Waals surface area contributed by atoms with E-state index in [1.54, 1.807) is 6.92 Å². The second-order valence-electron chi connectivity index (χ2n) is 17.5. The molecule has 4 aliphatic carbocycles. The van der Waals surface area contributed by atoms with E-state index in [1.807, 2.05) is 0 Å². The van der Waals surface area contributed by atoms with Gasteiger partial charge in [0.1, 0.15) is 36.6 Å². The van der Waals surface area contributed by atoms with Gasteiger partial charge in [0.25, 0.3) is 0 Å². The maximum absolute atomic E-state index is 11.1. The third-order valence-corrected chi connectivity index (χ3v) is 15.0. The molecule has 0 aromatic carbocycles. The maximum atomic E-state index is 11.1. The van der Waals surface area contributed by atoms with E-state index in [0.717, 1.165) is 44.1 Å². The summed E-state index contributed by atoms with van der Waals surface area (Å²) in [7, 11) is 0. The third-order valence-electron chi connectivity index (χ3n) is 15.0. The van der Waals surface area contributed by atoms with Crippen LogP contribution in [0.25, 0.3) is 0 Å². The second-order valence-corrected chi connectivity index (χ2v) is 17.5. The van der Waals surface area contributed by atoms with Crippen molar-refractivity contribution in [3.8, 4) is 0 Å². The Morgan fingerprint density at radius 1 is 0.900 bits per heavy atom. The highest BCUT2D eigenvalue weighted by Crippen LogP contribution is 2.71. The molecule has 12 heteroatoms. The van der Waals surface area contributed by atoms with Crippen molar-refractivity contribution >= 4 is 0 Å². The summed E-state index contributed by atoms with van der Waals surface area (Å²) in [4.78, 5) is 0. The molecule has 7 fully saturated rings. The first-order chi connectivity index (χ1) is 23.7. The van der Waals surface area contributed by atoms with Crippen LogP contribution in [0.4, 0.5) is 0 Å². The van der Waals surface area contributed by atoms with Gasteiger partial charge in [0.15, 0.2) is 18.4 Å². The number of fused-ring (bicyclic) bond motifs is 7. The molecule has 0 bridgehead atoms. The van der Waals surface area contributed by atoms with Crippen molar-refractivity contribution in [3.05, 3.63) is 23.8 Å².